The second-order valence-corrected chi connectivity index (χ2v) is 4.05. The second kappa shape index (κ2) is 6.23. The zero-order valence-corrected chi connectivity index (χ0v) is 10.2. The van der Waals surface area contributed by atoms with Gasteiger partial charge in [-0.15, -0.1) is 0 Å². The fraction of sp³-hybridized carbons (Fsp3) is 0.462. The van der Waals surface area contributed by atoms with Crippen LogP contribution < -0.4 is 5.32 Å². The molecule has 0 radical (unpaired) electrons. The van der Waals surface area contributed by atoms with E-state index in [1.807, 2.05) is 0 Å². The monoisotopic (exact) mass is 239 g/mol. The van der Waals surface area contributed by atoms with Crippen LogP contribution in [0.1, 0.15) is 37.0 Å². The minimum Gasteiger partial charge on any atom is -0.507 e. The van der Waals surface area contributed by atoms with Crippen LogP contribution in [0.5, 0.6) is 5.75 Å². The molecule has 0 heterocycles. The average Bonchev–Trinajstić information content (AvgIpc) is 2.33. The second-order valence-electron chi connectivity index (χ2n) is 4.05. The number of carbonyl (C=O) groups excluding carboxylic acids is 1. The number of halogens is 1. The molecule has 0 aliphatic carbocycles. The number of benzene rings is 1. The Labute approximate surface area is 101 Å². The van der Waals surface area contributed by atoms with Crippen LogP contribution in [0, 0.1) is 11.7 Å². The summed E-state index contributed by atoms with van der Waals surface area (Å²) in [6.07, 6.45) is 1.96. The summed E-state index contributed by atoms with van der Waals surface area (Å²) in [6.45, 7) is 4.65. The molecule has 0 unspecified atom stereocenters. The Hall–Kier alpha value is -1.58. The van der Waals surface area contributed by atoms with Gasteiger partial charge < -0.3 is 10.4 Å². The van der Waals surface area contributed by atoms with Gasteiger partial charge in [-0.05, 0) is 24.1 Å². The van der Waals surface area contributed by atoms with E-state index in [-0.39, 0.29) is 11.3 Å². The molecule has 1 rings (SSSR count). The molecule has 0 aliphatic rings. The molecule has 0 atom stereocenters. The lowest BCUT2D eigenvalue weighted by Gasteiger charge is -2.13. The molecule has 0 fully saturated rings. The van der Waals surface area contributed by atoms with Crippen molar-refractivity contribution in [1.82, 2.24) is 5.32 Å². The largest absolute Gasteiger partial charge is 0.507 e. The Bertz CT molecular complexity index is 389. The molecule has 0 bridgehead atoms. The molecule has 4 heteroatoms. The third kappa shape index (κ3) is 3.73. The standard InChI is InChI=1S/C13H18FNO2/c1-3-9(4-2)8-15-13(17)11-7-10(14)5-6-12(11)16/h5-7,9,16H,3-4,8H2,1-2H3,(H,15,17). The van der Waals surface area contributed by atoms with Crippen molar-refractivity contribution in [3.8, 4) is 5.75 Å². The molecule has 2 N–H and O–H groups in total. The van der Waals surface area contributed by atoms with Crippen LogP contribution in [0.2, 0.25) is 0 Å². The van der Waals surface area contributed by atoms with Crippen LogP contribution in [0.4, 0.5) is 4.39 Å². The van der Waals surface area contributed by atoms with E-state index in [1.54, 1.807) is 0 Å². The van der Waals surface area contributed by atoms with Crippen molar-refractivity contribution < 1.29 is 14.3 Å². The number of amides is 1. The Kier molecular flexibility index (Phi) is 4.94. The molecule has 94 valence electrons. The van der Waals surface area contributed by atoms with Crippen LogP contribution in [0.25, 0.3) is 0 Å². The Morgan fingerprint density at radius 1 is 1.41 bits per heavy atom. The summed E-state index contributed by atoms with van der Waals surface area (Å²) in [7, 11) is 0. The number of carbonyl (C=O) groups is 1. The summed E-state index contributed by atoms with van der Waals surface area (Å²) in [4.78, 5) is 11.7. The Morgan fingerprint density at radius 2 is 2.06 bits per heavy atom. The van der Waals surface area contributed by atoms with E-state index in [0.717, 1.165) is 25.0 Å². The van der Waals surface area contributed by atoms with Crippen LogP contribution in [-0.2, 0) is 0 Å². The van der Waals surface area contributed by atoms with E-state index < -0.39 is 11.7 Å². The van der Waals surface area contributed by atoms with Gasteiger partial charge in [0.2, 0.25) is 0 Å². The van der Waals surface area contributed by atoms with Crippen molar-refractivity contribution in [2.45, 2.75) is 26.7 Å². The zero-order chi connectivity index (χ0) is 12.8. The van der Waals surface area contributed by atoms with E-state index in [1.165, 1.54) is 6.07 Å². The Balaban J connectivity index is 2.66. The van der Waals surface area contributed by atoms with E-state index in [4.69, 9.17) is 0 Å². The predicted octanol–water partition coefficient (Wildman–Crippen LogP) is 2.70. The fourth-order valence-corrected chi connectivity index (χ4v) is 1.60. The highest BCUT2D eigenvalue weighted by atomic mass is 19.1. The third-order valence-corrected chi connectivity index (χ3v) is 2.91. The number of hydrogen-bond donors (Lipinski definition) is 2. The first-order valence-electron chi connectivity index (χ1n) is 5.85. The summed E-state index contributed by atoms with van der Waals surface area (Å²) in [5.41, 5.74) is -0.0176. The first-order chi connectivity index (χ1) is 8.08. The van der Waals surface area contributed by atoms with Gasteiger partial charge in [-0.25, -0.2) is 4.39 Å². The van der Waals surface area contributed by atoms with Crippen molar-refractivity contribution in [2.75, 3.05) is 6.54 Å². The molecule has 1 aromatic carbocycles. The maximum atomic E-state index is 12.9. The SMILES string of the molecule is CCC(CC)CNC(=O)c1cc(F)ccc1O. The van der Waals surface area contributed by atoms with Gasteiger partial charge in [0.15, 0.2) is 0 Å². The quantitative estimate of drug-likeness (QED) is 0.830. The molecule has 17 heavy (non-hydrogen) atoms. The number of phenolic OH excluding ortho intramolecular Hbond substituents is 1. The van der Waals surface area contributed by atoms with Gasteiger partial charge in [-0.2, -0.15) is 0 Å². The summed E-state index contributed by atoms with van der Waals surface area (Å²) in [5.74, 6) is -0.757. The molecule has 1 amide bonds. The van der Waals surface area contributed by atoms with Gasteiger partial charge in [0, 0.05) is 6.54 Å². The number of hydrogen-bond acceptors (Lipinski definition) is 2. The van der Waals surface area contributed by atoms with Crippen LogP contribution in [0.15, 0.2) is 18.2 Å². The fourth-order valence-electron chi connectivity index (χ4n) is 1.60. The number of nitrogens with one attached hydrogen (secondary N) is 1. The lowest BCUT2D eigenvalue weighted by molar-refractivity contribution is 0.0943. The summed E-state index contributed by atoms with van der Waals surface area (Å²) >= 11 is 0. The highest BCUT2D eigenvalue weighted by molar-refractivity contribution is 5.96. The first kappa shape index (κ1) is 13.5. The smallest absolute Gasteiger partial charge is 0.255 e. The lowest BCUT2D eigenvalue weighted by atomic mass is 10.0. The van der Waals surface area contributed by atoms with E-state index in [2.05, 4.69) is 19.2 Å². The zero-order valence-electron chi connectivity index (χ0n) is 10.2. The van der Waals surface area contributed by atoms with Crippen molar-refractivity contribution in [3.05, 3.63) is 29.6 Å². The predicted molar refractivity (Wildman–Crippen MR) is 64.5 cm³/mol. The molecule has 0 aliphatic heterocycles. The Morgan fingerprint density at radius 3 is 2.65 bits per heavy atom. The summed E-state index contributed by atoms with van der Waals surface area (Å²) in [5, 5.41) is 12.2. The molecular weight excluding hydrogens is 221 g/mol. The van der Waals surface area contributed by atoms with Gasteiger partial charge in [-0.3, -0.25) is 4.79 Å². The topological polar surface area (TPSA) is 49.3 Å². The third-order valence-electron chi connectivity index (χ3n) is 2.91. The molecular formula is C13H18FNO2. The molecule has 0 aromatic heterocycles. The molecule has 1 aromatic rings. The van der Waals surface area contributed by atoms with Crippen LogP contribution >= 0.6 is 0 Å². The van der Waals surface area contributed by atoms with Gasteiger partial charge in [0.25, 0.3) is 5.91 Å². The highest BCUT2D eigenvalue weighted by Gasteiger charge is 2.13. The summed E-state index contributed by atoms with van der Waals surface area (Å²) in [6, 6.07) is 3.34. The van der Waals surface area contributed by atoms with Crippen LogP contribution in [0.3, 0.4) is 0 Å². The first-order valence-corrected chi connectivity index (χ1v) is 5.85. The van der Waals surface area contributed by atoms with Gasteiger partial charge in [0.1, 0.15) is 11.6 Å². The number of aromatic hydroxyl groups is 1. The number of phenols is 1. The van der Waals surface area contributed by atoms with Gasteiger partial charge >= 0.3 is 0 Å². The highest BCUT2D eigenvalue weighted by Crippen LogP contribution is 2.17. The van der Waals surface area contributed by atoms with E-state index >= 15 is 0 Å². The minimum atomic E-state index is -0.532. The van der Waals surface area contributed by atoms with E-state index in [9.17, 15) is 14.3 Å². The minimum absolute atomic E-state index is 0.0176. The van der Waals surface area contributed by atoms with Crippen molar-refractivity contribution >= 4 is 5.91 Å². The van der Waals surface area contributed by atoms with Gasteiger partial charge in [0.05, 0.1) is 5.56 Å². The van der Waals surface area contributed by atoms with Crippen LogP contribution in [-0.4, -0.2) is 17.6 Å². The van der Waals surface area contributed by atoms with E-state index in [0.29, 0.717) is 12.5 Å². The van der Waals surface area contributed by atoms with Crippen molar-refractivity contribution in [2.24, 2.45) is 5.92 Å². The van der Waals surface area contributed by atoms with Gasteiger partial charge in [-0.1, -0.05) is 26.7 Å². The molecule has 0 saturated carbocycles. The molecule has 0 spiro atoms. The normalized spacial score (nSPS) is 10.6. The maximum absolute atomic E-state index is 12.9. The summed E-state index contributed by atoms with van der Waals surface area (Å²) < 4.78 is 12.9. The average molecular weight is 239 g/mol. The molecule has 0 saturated heterocycles. The number of rotatable bonds is 5. The van der Waals surface area contributed by atoms with Crippen molar-refractivity contribution in [3.63, 3.8) is 0 Å². The molecule has 3 nitrogen and oxygen atoms in total. The lowest BCUT2D eigenvalue weighted by Crippen LogP contribution is -2.29. The van der Waals surface area contributed by atoms with Crippen molar-refractivity contribution in [1.29, 1.82) is 0 Å². The maximum Gasteiger partial charge on any atom is 0.255 e.